The van der Waals surface area contributed by atoms with Gasteiger partial charge in [-0.25, -0.2) is 0 Å². The smallest absolute Gasteiger partial charge is 0.118 e. The molecule has 0 aliphatic heterocycles. The first-order valence-corrected chi connectivity index (χ1v) is 23.0. The summed E-state index contributed by atoms with van der Waals surface area (Å²) in [6, 6.07) is 0. The molecule has 0 bridgehead atoms. The van der Waals surface area contributed by atoms with Gasteiger partial charge in [-0.2, -0.15) is 0 Å². The zero-order valence-electron chi connectivity index (χ0n) is 18.8. The van der Waals surface area contributed by atoms with Crippen molar-refractivity contribution < 1.29 is 0 Å². The van der Waals surface area contributed by atoms with Crippen molar-refractivity contribution in [2.75, 3.05) is 19.3 Å². The number of hydrogen-bond acceptors (Lipinski definition) is 2. The lowest BCUT2D eigenvalue weighted by molar-refractivity contribution is 0.446. The van der Waals surface area contributed by atoms with E-state index in [1.807, 2.05) is 0 Å². The van der Waals surface area contributed by atoms with Crippen LogP contribution in [-0.4, -0.2) is 61.6 Å². The molecule has 24 heavy (non-hydrogen) atoms. The first-order chi connectivity index (χ1) is 10.7. The molecular formula is C18H47N2Si4. The van der Waals surface area contributed by atoms with Crippen LogP contribution in [0.1, 0.15) is 25.7 Å². The predicted octanol–water partition coefficient (Wildman–Crippen LogP) is 5.95. The SMILES string of the molecule is C[Si](C)CN(CCCCCCN([Si](C)(C)C)[Si](C)(C)C)[Si](C)(C)C. The van der Waals surface area contributed by atoms with E-state index in [0.29, 0.717) is 0 Å². The molecule has 145 valence electrons. The highest BCUT2D eigenvalue weighted by atomic mass is 28.4. The molecule has 0 amide bonds. The van der Waals surface area contributed by atoms with Gasteiger partial charge in [0.15, 0.2) is 0 Å². The second-order valence-corrected chi connectivity index (χ2v) is 28.6. The Hall–Kier alpha value is 0.788. The molecule has 0 atom stereocenters. The number of unbranched alkanes of at least 4 members (excludes halogenated alkanes) is 3. The van der Waals surface area contributed by atoms with Crippen molar-refractivity contribution in [1.29, 1.82) is 0 Å². The lowest BCUT2D eigenvalue weighted by atomic mass is 10.2. The number of hydrogen-bond donors (Lipinski definition) is 0. The van der Waals surface area contributed by atoms with Crippen LogP contribution in [0.25, 0.3) is 0 Å². The van der Waals surface area contributed by atoms with E-state index in [2.05, 4.69) is 80.8 Å². The van der Waals surface area contributed by atoms with Gasteiger partial charge >= 0.3 is 0 Å². The van der Waals surface area contributed by atoms with Gasteiger partial charge < -0.3 is 8.80 Å². The van der Waals surface area contributed by atoms with Gasteiger partial charge in [-0.05, 0) is 32.1 Å². The molecule has 0 N–H and O–H groups in total. The van der Waals surface area contributed by atoms with Crippen molar-refractivity contribution in [3.63, 3.8) is 0 Å². The van der Waals surface area contributed by atoms with Gasteiger partial charge in [0.2, 0.25) is 0 Å². The van der Waals surface area contributed by atoms with Crippen LogP contribution < -0.4 is 0 Å². The quantitative estimate of drug-likeness (QED) is 0.293. The summed E-state index contributed by atoms with van der Waals surface area (Å²) < 4.78 is 5.80. The predicted molar refractivity (Wildman–Crippen MR) is 124 cm³/mol. The third kappa shape index (κ3) is 10.7. The van der Waals surface area contributed by atoms with Crippen LogP contribution in [0.15, 0.2) is 0 Å². The molecule has 0 unspecified atom stereocenters. The van der Waals surface area contributed by atoms with Crippen molar-refractivity contribution in [2.24, 2.45) is 0 Å². The zero-order valence-corrected chi connectivity index (χ0v) is 22.8. The van der Waals surface area contributed by atoms with Crippen LogP contribution in [0.3, 0.4) is 0 Å². The normalized spacial score (nSPS) is 14.2. The first kappa shape index (κ1) is 24.8. The molecule has 0 fully saturated rings. The van der Waals surface area contributed by atoms with E-state index in [4.69, 9.17) is 0 Å². The lowest BCUT2D eigenvalue weighted by Gasteiger charge is -2.43. The average molecular weight is 404 g/mol. The summed E-state index contributed by atoms with van der Waals surface area (Å²) in [6.45, 7) is 30.3. The third-order valence-corrected chi connectivity index (χ3v) is 16.0. The summed E-state index contributed by atoms with van der Waals surface area (Å²) in [4.78, 5) is 0. The van der Waals surface area contributed by atoms with Crippen LogP contribution in [-0.2, 0) is 0 Å². The van der Waals surface area contributed by atoms with Gasteiger partial charge in [0.05, 0.1) is 8.80 Å². The highest BCUT2D eigenvalue weighted by Gasteiger charge is 2.33. The Balaban J connectivity index is 4.20. The molecule has 0 heterocycles. The molecule has 0 aromatic carbocycles. The fraction of sp³-hybridized carbons (Fsp3) is 1.00. The van der Waals surface area contributed by atoms with Crippen LogP contribution in [0.2, 0.25) is 72.0 Å². The molecule has 2 nitrogen and oxygen atoms in total. The molecular weight excluding hydrogens is 357 g/mol. The van der Waals surface area contributed by atoms with Crippen molar-refractivity contribution in [3.8, 4) is 0 Å². The van der Waals surface area contributed by atoms with Gasteiger partial charge in [0, 0.05) is 0 Å². The van der Waals surface area contributed by atoms with Gasteiger partial charge in [-0.1, -0.05) is 84.9 Å². The van der Waals surface area contributed by atoms with Crippen molar-refractivity contribution in [2.45, 2.75) is 97.7 Å². The van der Waals surface area contributed by atoms with Gasteiger partial charge in [-0.15, -0.1) is 0 Å². The van der Waals surface area contributed by atoms with E-state index in [9.17, 15) is 0 Å². The Labute approximate surface area is 159 Å². The molecule has 0 aromatic heterocycles. The van der Waals surface area contributed by atoms with Crippen LogP contribution in [0, 0.1) is 0 Å². The Morgan fingerprint density at radius 2 is 1.00 bits per heavy atom. The number of rotatable bonds is 12. The zero-order chi connectivity index (χ0) is 19.2. The second kappa shape index (κ2) is 10.2. The summed E-state index contributed by atoms with van der Waals surface area (Å²) in [5.74, 6) is 0. The Morgan fingerprint density at radius 1 is 0.583 bits per heavy atom. The monoisotopic (exact) mass is 403 g/mol. The highest BCUT2D eigenvalue weighted by molar-refractivity contribution is 6.89. The van der Waals surface area contributed by atoms with Gasteiger partial charge in [0.25, 0.3) is 0 Å². The molecule has 0 aliphatic rings. The van der Waals surface area contributed by atoms with E-state index < -0.39 is 24.7 Å². The topological polar surface area (TPSA) is 6.48 Å². The maximum absolute atomic E-state index is 2.94. The molecule has 1 radical (unpaired) electrons. The molecule has 0 aliphatic carbocycles. The minimum atomic E-state index is -1.16. The molecule has 0 aromatic rings. The maximum Gasteiger partial charge on any atom is 0.118 e. The Kier molecular flexibility index (Phi) is 10.5. The van der Waals surface area contributed by atoms with E-state index in [-0.39, 0.29) is 8.80 Å². The largest absolute Gasteiger partial charge is 0.346 e. The summed E-state index contributed by atoms with van der Waals surface area (Å²) in [6.07, 6.45) is 7.03. The fourth-order valence-electron chi connectivity index (χ4n) is 3.64. The second-order valence-electron chi connectivity index (χ2n) is 10.7. The minimum absolute atomic E-state index is 0.143. The summed E-state index contributed by atoms with van der Waals surface area (Å²) in [5, 5.41) is 0. The molecule has 0 spiro atoms. The lowest BCUT2D eigenvalue weighted by Crippen LogP contribution is -2.59. The van der Waals surface area contributed by atoms with E-state index in [1.165, 1.54) is 44.9 Å². The fourth-order valence-corrected chi connectivity index (χ4v) is 17.9. The molecule has 0 saturated heterocycles. The standard InChI is InChI=1S/C18H47N2Si4/c1-21(2)18-19(22(3,4)5)16-14-12-13-15-17-20(23(6,7)8)24(9,10)11/h12-18H2,1-11H3. The summed E-state index contributed by atoms with van der Waals surface area (Å²) >= 11 is 0. The summed E-state index contributed by atoms with van der Waals surface area (Å²) in [7, 11) is -3.58. The molecule has 6 heteroatoms. The number of nitrogens with zero attached hydrogens (tertiary/aromatic N) is 2. The molecule has 0 saturated carbocycles. The summed E-state index contributed by atoms with van der Waals surface area (Å²) in [5.41, 5.74) is 0. The van der Waals surface area contributed by atoms with E-state index in [1.54, 1.807) is 0 Å². The van der Waals surface area contributed by atoms with Crippen molar-refractivity contribution in [1.82, 2.24) is 8.80 Å². The maximum atomic E-state index is 2.94. The average Bonchev–Trinajstić information content (AvgIpc) is 2.31. The highest BCUT2D eigenvalue weighted by Crippen LogP contribution is 2.21. The Bertz CT molecular complexity index is 326. The van der Waals surface area contributed by atoms with Crippen LogP contribution >= 0.6 is 0 Å². The van der Waals surface area contributed by atoms with E-state index >= 15 is 0 Å². The van der Waals surface area contributed by atoms with Crippen molar-refractivity contribution >= 4 is 33.5 Å². The Morgan fingerprint density at radius 3 is 1.33 bits per heavy atom. The van der Waals surface area contributed by atoms with Crippen molar-refractivity contribution in [3.05, 3.63) is 0 Å². The van der Waals surface area contributed by atoms with Gasteiger partial charge in [-0.3, -0.25) is 0 Å². The first-order valence-electron chi connectivity index (χ1n) is 9.97. The minimum Gasteiger partial charge on any atom is -0.346 e. The molecule has 0 rings (SSSR count). The van der Waals surface area contributed by atoms with Crippen LogP contribution in [0.5, 0.6) is 0 Å². The van der Waals surface area contributed by atoms with E-state index in [0.717, 1.165) is 0 Å². The third-order valence-electron chi connectivity index (χ3n) is 4.64. The van der Waals surface area contributed by atoms with Crippen LogP contribution in [0.4, 0.5) is 0 Å². The van der Waals surface area contributed by atoms with Gasteiger partial charge in [0.1, 0.15) is 24.7 Å².